The first kappa shape index (κ1) is 15.4. The average Bonchev–Trinajstić information content (AvgIpc) is 2.26. The average molecular weight is 319 g/mol. The fourth-order valence-electron chi connectivity index (χ4n) is 2.28. The number of nitrogens with one attached hydrogen (secondary N) is 1. The molecule has 3 aliphatic heterocycles. The van der Waals surface area contributed by atoms with Crippen molar-refractivity contribution in [2.75, 3.05) is 11.5 Å². The molecule has 2 atom stereocenters. The summed E-state index contributed by atoms with van der Waals surface area (Å²) in [6.07, 6.45) is 1.07. The summed E-state index contributed by atoms with van der Waals surface area (Å²) >= 11 is 0. The van der Waals surface area contributed by atoms with E-state index in [0.717, 1.165) is 12.0 Å². The van der Waals surface area contributed by atoms with Gasteiger partial charge in [0.1, 0.15) is 0 Å². The minimum atomic E-state index is -4.02. The first-order chi connectivity index (χ1) is 9.16. The van der Waals surface area contributed by atoms with E-state index in [-0.39, 0.29) is 17.0 Å². The van der Waals surface area contributed by atoms with Crippen LogP contribution in [0.25, 0.3) is 0 Å². The van der Waals surface area contributed by atoms with Crippen molar-refractivity contribution in [3.63, 3.8) is 0 Å². The Morgan fingerprint density at radius 1 is 1.15 bits per heavy atom. The molecule has 3 heterocycles. The minimum absolute atomic E-state index is 0.0666. The summed E-state index contributed by atoms with van der Waals surface area (Å²) in [5.74, 6) is 0.729. The van der Waals surface area contributed by atoms with Gasteiger partial charge in [-0.2, -0.15) is 8.42 Å². The van der Waals surface area contributed by atoms with E-state index >= 15 is 0 Å². The number of rotatable bonds is 1. The van der Waals surface area contributed by atoms with Crippen molar-refractivity contribution in [2.45, 2.75) is 30.3 Å². The molecule has 20 heavy (non-hydrogen) atoms. The van der Waals surface area contributed by atoms with Gasteiger partial charge in [0.2, 0.25) is 0 Å². The van der Waals surface area contributed by atoms with Crippen LogP contribution in [0.4, 0.5) is 0 Å². The molecule has 2 N–H and O–H groups in total. The second kappa shape index (κ2) is 5.44. The SMILES string of the molecule is Cc1ccc(S(=O)(=O)O)cc1.O=S1(=O)CC2CC(C1)N2. The van der Waals surface area contributed by atoms with Gasteiger partial charge in [0.25, 0.3) is 10.1 Å². The maximum atomic E-state index is 10.9. The van der Waals surface area contributed by atoms with Crippen LogP contribution in [-0.2, 0) is 20.0 Å². The molecule has 0 spiro atoms. The highest BCUT2D eigenvalue weighted by molar-refractivity contribution is 7.91. The van der Waals surface area contributed by atoms with E-state index in [1.165, 1.54) is 12.1 Å². The van der Waals surface area contributed by atoms with Crippen LogP contribution in [0, 0.1) is 6.92 Å². The van der Waals surface area contributed by atoms with Crippen molar-refractivity contribution < 1.29 is 21.4 Å². The summed E-state index contributed by atoms with van der Waals surface area (Å²) in [5.41, 5.74) is 0.956. The normalized spacial score (nSPS) is 26.9. The molecule has 0 aromatic heterocycles. The molecule has 8 heteroatoms. The number of fused-ring (bicyclic) bond motifs is 2. The van der Waals surface area contributed by atoms with Crippen molar-refractivity contribution in [3.05, 3.63) is 29.8 Å². The zero-order valence-corrected chi connectivity index (χ0v) is 12.6. The van der Waals surface area contributed by atoms with Crippen molar-refractivity contribution in [1.82, 2.24) is 5.32 Å². The summed E-state index contributed by atoms with van der Waals surface area (Å²) in [7, 11) is -6.66. The van der Waals surface area contributed by atoms with Gasteiger partial charge >= 0.3 is 0 Å². The Labute approximate surface area is 118 Å². The second-order valence-corrected chi connectivity index (χ2v) is 8.74. The quantitative estimate of drug-likeness (QED) is 0.726. The molecule has 1 aromatic rings. The third-order valence-corrected chi connectivity index (χ3v) is 5.96. The lowest BCUT2D eigenvalue weighted by Gasteiger charge is -2.41. The Morgan fingerprint density at radius 3 is 1.90 bits per heavy atom. The number of hydrogen-bond donors (Lipinski definition) is 2. The van der Waals surface area contributed by atoms with Gasteiger partial charge in [-0.15, -0.1) is 0 Å². The molecule has 4 rings (SSSR count). The molecule has 0 saturated carbocycles. The van der Waals surface area contributed by atoms with E-state index in [4.69, 9.17) is 4.55 Å². The van der Waals surface area contributed by atoms with E-state index in [2.05, 4.69) is 5.32 Å². The summed E-state index contributed by atoms with van der Waals surface area (Å²) in [6, 6.07) is 6.56. The Kier molecular flexibility index (Phi) is 4.19. The Morgan fingerprint density at radius 2 is 1.60 bits per heavy atom. The maximum absolute atomic E-state index is 10.9. The van der Waals surface area contributed by atoms with E-state index in [1.54, 1.807) is 12.1 Å². The van der Waals surface area contributed by atoms with Crippen LogP contribution in [-0.4, -0.2) is 45.0 Å². The van der Waals surface area contributed by atoms with Crippen LogP contribution in [0.3, 0.4) is 0 Å². The van der Waals surface area contributed by atoms with Gasteiger partial charge in [-0.3, -0.25) is 4.55 Å². The van der Waals surface area contributed by atoms with Gasteiger partial charge in [-0.25, -0.2) is 8.42 Å². The highest BCUT2D eigenvalue weighted by Gasteiger charge is 2.40. The standard InChI is InChI=1S/C7H8O3S.C5H9NO2S/c1-6-2-4-7(5-3-6)11(8,9)10;7-9(8)2-4-1-5(3-9)6-4/h2-5H,1H3,(H,8,9,10);4-6H,1-3H2. The molecule has 3 fully saturated rings. The molecule has 0 aliphatic carbocycles. The van der Waals surface area contributed by atoms with Crippen LogP contribution < -0.4 is 5.32 Å². The zero-order valence-electron chi connectivity index (χ0n) is 11.0. The highest BCUT2D eigenvalue weighted by atomic mass is 32.2. The third kappa shape index (κ3) is 4.02. The third-order valence-electron chi connectivity index (χ3n) is 3.27. The van der Waals surface area contributed by atoms with Crippen molar-refractivity contribution in [2.24, 2.45) is 0 Å². The van der Waals surface area contributed by atoms with Gasteiger partial charge in [0, 0.05) is 12.1 Å². The molecule has 3 saturated heterocycles. The van der Waals surface area contributed by atoms with Crippen LogP contribution in [0.1, 0.15) is 12.0 Å². The van der Waals surface area contributed by atoms with E-state index in [9.17, 15) is 16.8 Å². The van der Waals surface area contributed by atoms with Gasteiger partial charge in [-0.05, 0) is 25.5 Å². The molecule has 2 bridgehead atoms. The number of aryl methyl sites for hydroxylation is 1. The lowest BCUT2D eigenvalue weighted by atomic mass is 10.00. The summed E-state index contributed by atoms with van der Waals surface area (Å²) in [5, 5.41) is 3.16. The Hall–Kier alpha value is -0.960. The number of sulfone groups is 1. The first-order valence-corrected chi connectivity index (χ1v) is 9.42. The Bertz CT molecular complexity index is 657. The predicted molar refractivity (Wildman–Crippen MR) is 75.0 cm³/mol. The van der Waals surface area contributed by atoms with Crippen LogP contribution >= 0.6 is 0 Å². The van der Waals surface area contributed by atoms with E-state index in [1.807, 2.05) is 6.92 Å². The van der Waals surface area contributed by atoms with Crippen molar-refractivity contribution in [1.29, 1.82) is 0 Å². The molecule has 0 radical (unpaired) electrons. The number of hydrogen-bond acceptors (Lipinski definition) is 5. The van der Waals surface area contributed by atoms with Crippen molar-refractivity contribution in [3.8, 4) is 0 Å². The van der Waals surface area contributed by atoms with Gasteiger partial charge < -0.3 is 5.32 Å². The summed E-state index contributed by atoms with van der Waals surface area (Å²) < 4.78 is 51.3. The number of benzene rings is 1. The molecule has 3 aliphatic rings. The lowest BCUT2D eigenvalue weighted by Crippen LogP contribution is -2.63. The summed E-state index contributed by atoms with van der Waals surface area (Å²) in [4.78, 5) is -0.0666. The maximum Gasteiger partial charge on any atom is 0.294 e. The van der Waals surface area contributed by atoms with Gasteiger partial charge in [-0.1, -0.05) is 17.7 Å². The fraction of sp³-hybridized carbons (Fsp3) is 0.500. The topological polar surface area (TPSA) is 101 Å². The van der Waals surface area contributed by atoms with E-state index in [0.29, 0.717) is 11.5 Å². The van der Waals surface area contributed by atoms with Crippen LogP contribution in [0.2, 0.25) is 0 Å². The monoisotopic (exact) mass is 319 g/mol. The summed E-state index contributed by atoms with van der Waals surface area (Å²) in [6.45, 7) is 1.84. The van der Waals surface area contributed by atoms with Crippen LogP contribution in [0.5, 0.6) is 0 Å². The van der Waals surface area contributed by atoms with Gasteiger partial charge in [0.15, 0.2) is 9.84 Å². The molecule has 6 nitrogen and oxygen atoms in total. The molecule has 112 valence electrons. The molecular formula is C12H17NO5S2. The molecule has 2 unspecified atom stereocenters. The Balaban J connectivity index is 0.000000149. The zero-order chi connectivity index (χ0) is 15.0. The first-order valence-electron chi connectivity index (χ1n) is 6.16. The fourth-order valence-corrected chi connectivity index (χ4v) is 4.58. The largest absolute Gasteiger partial charge is 0.309 e. The molecule has 0 amide bonds. The van der Waals surface area contributed by atoms with Crippen molar-refractivity contribution >= 4 is 20.0 Å². The lowest BCUT2D eigenvalue weighted by molar-refractivity contribution is 0.288. The second-order valence-electron chi connectivity index (χ2n) is 5.16. The molecular weight excluding hydrogens is 302 g/mol. The van der Waals surface area contributed by atoms with E-state index < -0.39 is 20.0 Å². The predicted octanol–water partition coefficient (Wildman–Crippen LogP) is 0.387. The minimum Gasteiger partial charge on any atom is -0.309 e. The van der Waals surface area contributed by atoms with Gasteiger partial charge in [0.05, 0.1) is 16.4 Å². The van der Waals surface area contributed by atoms with Crippen LogP contribution in [0.15, 0.2) is 29.2 Å². The smallest absolute Gasteiger partial charge is 0.294 e. The molecule has 1 aromatic carbocycles. The highest BCUT2D eigenvalue weighted by Crippen LogP contribution is 2.21.